The Morgan fingerprint density at radius 2 is 2.08 bits per heavy atom. The number of amides is 1. The van der Waals surface area contributed by atoms with E-state index in [0.717, 1.165) is 0 Å². The van der Waals surface area contributed by atoms with Crippen LogP contribution in [0.5, 0.6) is 0 Å². The van der Waals surface area contributed by atoms with E-state index in [1.165, 1.54) is 0 Å². The summed E-state index contributed by atoms with van der Waals surface area (Å²) in [6.45, 7) is 2.62. The molecular weight excluding hydrogens is 182 g/mol. The van der Waals surface area contributed by atoms with Gasteiger partial charge in [0, 0.05) is 0 Å². The molecule has 0 aromatic rings. The minimum absolute atomic E-state index is 0.192. The van der Waals surface area contributed by atoms with Crippen LogP contribution in [0.2, 0.25) is 0 Å². The van der Waals surface area contributed by atoms with Gasteiger partial charge in [0.05, 0.1) is 0 Å². The molecule has 6 heteroatoms. The summed E-state index contributed by atoms with van der Waals surface area (Å²) in [6.07, 6.45) is -3.49. The molecule has 0 aliphatic carbocycles. The molecule has 0 bridgehead atoms. The lowest BCUT2D eigenvalue weighted by Gasteiger charge is -2.19. The van der Waals surface area contributed by atoms with Crippen LogP contribution < -0.4 is 11.3 Å². The molecule has 0 aromatic carbocycles. The van der Waals surface area contributed by atoms with Gasteiger partial charge in [0.25, 0.3) is 12.3 Å². The Kier molecular flexibility index (Phi) is 5.48. The standard InChI is InChI=1S/C7H14F2N2O2/c1-4(2)6(7(12)11-10)13-3-5(8)9/h4-6H,3,10H2,1-2H3,(H,11,12). The lowest BCUT2D eigenvalue weighted by atomic mass is 10.1. The minimum atomic E-state index is -2.58. The molecule has 78 valence electrons. The maximum atomic E-state index is 11.7. The number of hydrazine groups is 1. The van der Waals surface area contributed by atoms with Crippen LogP contribution in [0.3, 0.4) is 0 Å². The number of halogens is 2. The average Bonchev–Trinajstić information content (AvgIpc) is 2.03. The summed E-state index contributed by atoms with van der Waals surface area (Å²) in [5.74, 6) is 4.07. The van der Waals surface area contributed by atoms with Crippen molar-refractivity contribution in [3.63, 3.8) is 0 Å². The van der Waals surface area contributed by atoms with Crippen molar-refractivity contribution >= 4 is 5.91 Å². The molecular formula is C7H14F2N2O2. The maximum absolute atomic E-state index is 11.7. The van der Waals surface area contributed by atoms with E-state index in [1.54, 1.807) is 13.8 Å². The molecule has 0 aliphatic rings. The van der Waals surface area contributed by atoms with Crippen molar-refractivity contribution in [1.29, 1.82) is 0 Å². The third kappa shape index (κ3) is 4.74. The van der Waals surface area contributed by atoms with E-state index in [9.17, 15) is 13.6 Å². The first-order valence-electron chi connectivity index (χ1n) is 3.89. The first-order chi connectivity index (χ1) is 5.99. The van der Waals surface area contributed by atoms with Crippen LogP contribution in [-0.4, -0.2) is 25.0 Å². The molecule has 4 nitrogen and oxygen atoms in total. The molecule has 0 saturated heterocycles. The molecule has 13 heavy (non-hydrogen) atoms. The van der Waals surface area contributed by atoms with Gasteiger partial charge >= 0.3 is 0 Å². The lowest BCUT2D eigenvalue weighted by molar-refractivity contribution is -0.138. The molecule has 0 aliphatic heterocycles. The number of hydrogen-bond acceptors (Lipinski definition) is 3. The fourth-order valence-corrected chi connectivity index (χ4v) is 0.829. The SMILES string of the molecule is CC(C)C(OCC(F)F)C(=O)NN. The highest BCUT2D eigenvalue weighted by molar-refractivity contribution is 5.80. The molecule has 0 saturated carbocycles. The Bertz CT molecular complexity index is 165. The highest BCUT2D eigenvalue weighted by Gasteiger charge is 2.23. The van der Waals surface area contributed by atoms with E-state index in [1.807, 2.05) is 5.43 Å². The average molecular weight is 196 g/mol. The highest BCUT2D eigenvalue weighted by atomic mass is 19.3. The summed E-state index contributed by atoms with van der Waals surface area (Å²) >= 11 is 0. The number of carbonyl (C=O) groups excluding carboxylic acids is 1. The zero-order valence-corrected chi connectivity index (χ0v) is 7.59. The highest BCUT2D eigenvalue weighted by Crippen LogP contribution is 2.08. The van der Waals surface area contributed by atoms with E-state index in [4.69, 9.17) is 5.84 Å². The largest absolute Gasteiger partial charge is 0.362 e. The second kappa shape index (κ2) is 5.82. The van der Waals surface area contributed by atoms with Crippen LogP contribution in [0.15, 0.2) is 0 Å². The summed E-state index contributed by atoms with van der Waals surface area (Å²) < 4.78 is 28.2. The van der Waals surface area contributed by atoms with Gasteiger partial charge in [-0.2, -0.15) is 0 Å². The van der Waals surface area contributed by atoms with E-state index in [0.29, 0.717) is 0 Å². The van der Waals surface area contributed by atoms with Crippen LogP contribution in [0, 0.1) is 5.92 Å². The van der Waals surface area contributed by atoms with Crippen molar-refractivity contribution in [2.45, 2.75) is 26.4 Å². The zero-order valence-electron chi connectivity index (χ0n) is 7.59. The van der Waals surface area contributed by atoms with Crippen LogP contribution in [0.4, 0.5) is 8.78 Å². The second-order valence-corrected chi connectivity index (χ2v) is 2.90. The lowest BCUT2D eigenvalue weighted by Crippen LogP contribution is -2.43. The maximum Gasteiger partial charge on any atom is 0.263 e. The van der Waals surface area contributed by atoms with Gasteiger partial charge in [-0.3, -0.25) is 10.2 Å². The van der Waals surface area contributed by atoms with Gasteiger partial charge in [0.15, 0.2) is 0 Å². The molecule has 3 N–H and O–H groups in total. The fraction of sp³-hybridized carbons (Fsp3) is 0.857. The zero-order chi connectivity index (χ0) is 10.4. The number of hydrogen-bond donors (Lipinski definition) is 2. The van der Waals surface area contributed by atoms with Crippen LogP contribution >= 0.6 is 0 Å². The minimum Gasteiger partial charge on any atom is -0.362 e. The van der Waals surface area contributed by atoms with Crippen molar-refractivity contribution in [2.75, 3.05) is 6.61 Å². The van der Waals surface area contributed by atoms with Gasteiger partial charge in [-0.05, 0) is 5.92 Å². The molecule has 1 atom stereocenters. The van der Waals surface area contributed by atoms with Gasteiger partial charge in [0.2, 0.25) is 0 Å². The van der Waals surface area contributed by atoms with E-state index in [-0.39, 0.29) is 5.92 Å². The van der Waals surface area contributed by atoms with E-state index < -0.39 is 25.0 Å². The Balaban J connectivity index is 4.03. The number of nitrogens with two attached hydrogens (primary N) is 1. The molecule has 0 aromatic heterocycles. The van der Waals surface area contributed by atoms with Gasteiger partial charge in [-0.25, -0.2) is 14.6 Å². The predicted molar refractivity (Wildman–Crippen MR) is 42.9 cm³/mol. The monoisotopic (exact) mass is 196 g/mol. The second-order valence-electron chi connectivity index (χ2n) is 2.90. The topological polar surface area (TPSA) is 64.3 Å². The number of ether oxygens (including phenoxy) is 1. The molecule has 0 fully saturated rings. The van der Waals surface area contributed by atoms with Crippen LogP contribution in [0.25, 0.3) is 0 Å². The van der Waals surface area contributed by atoms with Crippen molar-refractivity contribution in [1.82, 2.24) is 5.43 Å². The number of rotatable bonds is 5. The van der Waals surface area contributed by atoms with Gasteiger partial charge in [0.1, 0.15) is 12.7 Å². The first kappa shape index (κ1) is 12.2. The van der Waals surface area contributed by atoms with E-state index >= 15 is 0 Å². The van der Waals surface area contributed by atoms with Crippen molar-refractivity contribution in [3.05, 3.63) is 0 Å². The third-order valence-corrected chi connectivity index (χ3v) is 1.41. The van der Waals surface area contributed by atoms with Gasteiger partial charge in [-0.15, -0.1) is 0 Å². The molecule has 0 heterocycles. The summed E-state index contributed by atoms with van der Waals surface area (Å²) in [5.41, 5.74) is 1.86. The molecule has 0 spiro atoms. The number of alkyl halides is 2. The first-order valence-corrected chi connectivity index (χ1v) is 3.89. The quantitative estimate of drug-likeness (QED) is 0.377. The van der Waals surface area contributed by atoms with Crippen molar-refractivity contribution < 1.29 is 18.3 Å². The summed E-state index contributed by atoms with van der Waals surface area (Å²) in [5, 5.41) is 0. The van der Waals surface area contributed by atoms with Gasteiger partial charge in [-0.1, -0.05) is 13.8 Å². The van der Waals surface area contributed by atoms with Crippen LogP contribution in [-0.2, 0) is 9.53 Å². The number of nitrogens with one attached hydrogen (secondary N) is 1. The predicted octanol–water partition coefficient (Wildman–Crippen LogP) is 0.283. The summed E-state index contributed by atoms with van der Waals surface area (Å²) in [6, 6.07) is 0. The summed E-state index contributed by atoms with van der Waals surface area (Å²) in [7, 11) is 0. The van der Waals surface area contributed by atoms with Gasteiger partial charge < -0.3 is 4.74 Å². The Morgan fingerprint density at radius 1 is 1.54 bits per heavy atom. The van der Waals surface area contributed by atoms with E-state index in [2.05, 4.69) is 4.74 Å². The molecule has 1 amide bonds. The van der Waals surface area contributed by atoms with Crippen molar-refractivity contribution in [3.8, 4) is 0 Å². The van der Waals surface area contributed by atoms with Crippen molar-refractivity contribution in [2.24, 2.45) is 11.8 Å². The summed E-state index contributed by atoms with van der Waals surface area (Å²) in [4.78, 5) is 11.0. The normalized spacial score (nSPS) is 13.5. The molecule has 1 unspecified atom stereocenters. The Labute approximate surface area is 75.4 Å². The van der Waals surface area contributed by atoms with Crippen LogP contribution in [0.1, 0.15) is 13.8 Å². The molecule has 0 rings (SSSR count). The number of carbonyl (C=O) groups is 1. The smallest absolute Gasteiger partial charge is 0.263 e. The Hall–Kier alpha value is -0.750. The Morgan fingerprint density at radius 3 is 2.38 bits per heavy atom. The fourth-order valence-electron chi connectivity index (χ4n) is 0.829. The third-order valence-electron chi connectivity index (χ3n) is 1.41. The molecule has 0 radical (unpaired) electrons.